The van der Waals surface area contributed by atoms with Gasteiger partial charge in [0.25, 0.3) is 0 Å². The van der Waals surface area contributed by atoms with Gasteiger partial charge in [0.15, 0.2) is 0 Å². The lowest BCUT2D eigenvalue weighted by molar-refractivity contribution is 0.303. The van der Waals surface area contributed by atoms with Crippen molar-refractivity contribution in [2.75, 3.05) is 26.1 Å². The number of nitrogens with zero attached hydrogens (tertiary/aromatic N) is 2. The van der Waals surface area contributed by atoms with Gasteiger partial charge >= 0.3 is 0 Å². The first-order valence-electron chi connectivity index (χ1n) is 9.00. The molecule has 0 saturated heterocycles. The number of aliphatic hydroxyl groups excluding tert-OH is 1. The van der Waals surface area contributed by atoms with E-state index in [0.29, 0.717) is 55.8 Å². The normalized spacial score (nSPS) is 10.9. The Balaban J connectivity index is 2.17. The van der Waals surface area contributed by atoms with E-state index in [-0.39, 0.29) is 6.61 Å². The Kier molecular flexibility index (Phi) is 7.01. The van der Waals surface area contributed by atoms with Crippen LogP contribution in [0.25, 0.3) is 17.0 Å². The maximum atomic E-state index is 9.62. The molecule has 0 spiro atoms. The molecule has 0 unspecified atom stereocenters. The Morgan fingerprint density at radius 1 is 1.13 bits per heavy atom. The molecule has 154 valence electrons. The summed E-state index contributed by atoms with van der Waals surface area (Å²) in [5.74, 6) is 1.06. The maximum Gasteiger partial charge on any atom is 0.139 e. The average Bonchev–Trinajstić information content (AvgIpc) is 2.75. The van der Waals surface area contributed by atoms with E-state index in [2.05, 4.69) is 16.4 Å². The zero-order chi connectivity index (χ0) is 21.7. The van der Waals surface area contributed by atoms with Gasteiger partial charge in [-0.3, -0.25) is 4.98 Å². The monoisotopic (exact) mass is 443 g/mol. The number of fused-ring (bicyclic) bond motifs is 1. The summed E-state index contributed by atoms with van der Waals surface area (Å²) in [6.07, 6.45) is 5.75. The first kappa shape index (κ1) is 21.7. The predicted molar refractivity (Wildman–Crippen MR) is 120 cm³/mol. The van der Waals surface area contributed by atoms with Crippen molar-refractivity contribution in [3.63, 3.8) is 0 Å². The third kappa shape index (κ3) is 4.44. The summed E-state index contributed by atoms with van der Waals surface area (Å²) >= 11 is 12.5. The molecule has 3 aromatic rings. The van der Waals surface area contributed by atoms with Crippen LogP contribution >= 0.6 is 23.2 Å². The molecule has 0 fully saturated rings. The second-order valence-corrected chi connectivity index (χ2v) is 7.09. The fraction of sp³-hybridized carbons (Fsp3) is 0.182. The van der Waals surface area contributed by atoms with Crippen LogP contribution in [0.2, 0.25) is 10.0 Å². The van der Waals surface area contributed by atoms with Crippen LogP contribution in [0.3, 0.4) is 0 Å². The topological polar surface area (TPSA) is 87.4 Å². The first-order chi connectivity index (χ1) is 14.5. The van der Waals surface area contributed by atoms with E-state index >= 15 is 0 Å². The van der Waals surface area contributed by atoms with E-state index in [4.69, 9.17) is 37.8 Å². The SMILES string of the molecule is COc1cc(Nc2c(C#N)cnc3cc(/C=C/CCO)c(OC)cc23)c(Cl)cc1Cl. The van der Waals surface area contributed by atoms with E-state index in [1.807, 2.05) is 24.3 Å². The summed E-state index contributed by atoms with van der Waals surface area (Å²) in [5, 5.41) is 23.3. The Morgan fingerprint density at radius 2 is 1.90 bits per heavy atom. The number of ether oxygens (including phenoxy) is 2. The van der Waals surface area contributed by atoms with Gasteiger partial charge in [-0.05, 0) is 24.6 Å². The minimum atomic E-state index is 0.0650. The van der Waals surface area contributed by atoms with Crippen LogP contribution in [0, 0.1) is 11.3 Å². The van der Waals surface area contributed by atoms with Crippen molar-refractivity contribution in [2.24, 2.45) is 0 Å². The minimum absolute atomic E-state index is 0.0650. The number of pyridine rings is 1. The van der Waals surface area contributed by atoms with E-state index in [9.17, 15) is 5.26 Å². The Labute approximate surface area is 184 Å². The molecular weight excluding hydrogens is 425 g/mol. The Bertz CT molecular complexity index is 1160. The van der Waals surface area contributed by atoms with Crippen molar-refractivity contribution in [3.05, 3.63) is 57.7 Å². The minimum Gasteiger partial charge on any atom is -0.496 e. The molecule has 8 heteroatoms. The Morgan fingerprint density at radius 3 is 2.57 bits per heavy atom. The van der Waals surface area contributed by atoms with Crippen LogP contribution in [0.15, 0.2) is 36.5 Å². The van der Waals surface area contributed by atoms with Gasteiger partial charge in [0.05, 0.1) is 46.7 Å². The van der Waals surface area contributed by atoms with Crippen LogP contribution < -0.4 is 14.8 Å². The fourth-order valence-corrected chi connectivity index (χ4v) is 3.47. The number of halogens is 2. The number of nitriles is 1. The highest BCUT2D eigenvalue weighted by atomic mass is 35.5. The van der Waals surface area contributed by atoms with Crippen molar-refractivity contribution in [3.8, 4) is 17.6 Å². The van der Waals surface area contributed by atoms with E-state index in [1.165, 1.54) is 13.3 Å². The molecule has 30 heavy (non-hydrogen) atoms. The number of methoxy groups -OCH3 is 2. The standard InChI is InChI=1S/C22H19Cl2N3O3/c1-29-20-8-15-18(7-13(20)5-3-4-6-28)26-12-14(11-25)22(15)27-19-10-21(30-2)17(24)9-16(19)23/h3,5,7-10,12,28H,4,6H2,1-2H3,(H,26,27)/b5-3+. The van der Waals surface area contributed by atoms with Gasteiger partial charge in [0.2, 0.25) is 0 Å². The molecule has 0 atom stereocenters. The summed E-state index contributed by atoms with van der Waals surface area (Å²) in [5.41, 5.74) is 2.90. The lowest BCUT2D eigenvalue weighted by atomic mass is 10.0. The van der Waals surface area contributed by atoms with Crippen molar-refractivity contribution >= 4 is 51.6 Å². The van der Waals surface area contributed by atoms with Gasteiger partial charge in [-0.1, -0.05) is 35.4 Å². The van der Waals surface area contributed by atoms with Crippen molar-refractivity contribution < 1.29 is 14.6 Å². The molecule has 0 saturated carbocycles. The molecule has 1 aromatic heterocycles. The van der Waals surface area contributed by atoms with Crippen molar-refractivity contribution in [2.45, 2.75) is 6.42 Å². The molecule has 6 nitrogen and oxygen atoms in total. The molecule has 2 N–H and O–H groups in total. The zero-order valence-electron chi connectivity index (χ0n) is 16.4. The van der Waals surface area contributed by atoms with E-state index in [1.54, 1.807) is 19.2 Å². The highest BCUT2D eigenvalue weighted by Gasteiger charge is 2.15. The molecule has 1 heterocycles. The second-order valence-electron chi connectivity index (χ2n) is 6.28. The number of aliphatic hydroxyl groups is 1. The summed E-state index contributed by atoms with van der Waals surface area (Å²) < 4.78 is 10.8. The van der Waals surface area contributed by atoms with Crippen LogP contribution in [-0.4, -0.2) is 30.9 Å². The maximum absolute atomic E-state index is 9.62. The lowest BCUT2D eigenvalue weighted by Gasteiger charge is -2.16. The quantitative estimate of drug-likeness (QED) is 0.496. The third-order valence-electron chi connectivity index (χ3n) is 4.43. The number of nitrogens with one attached hydrogen (secondary N) is 1. The third-order valence-corrected chi connectivity index (χ3v) is 5.04. The second kappa shape index (κ2) is 9.68. The molecule has 3 rings (SSSR count). The molecule has 0 aliphatic rings. The smallest absolute Gasteiger partial charge is 0.139 e. The zero-order valence-corrected chi connectivity index (χ0v) is 17.9. The highest BCUT2D eigenvalue weighted by Crippen LogP contribution is 2.39. The summed E-state index contributed by atoms with van der Waals surface area (Å²) in [7, 11) is 3.08. The van der Waals surface area contributed by atoms with Crippen LogP contribution in [0.1, 0.15) is 17.5 Å². The molecule has 0 aliphatic heterocycles. The number of aromatic nitrogens is 1. The fourth-order valence-electron chi connectivity index (χ4n) is 2.96. The Hall–Kier alpha value is -2.98. The van der Waals surface area contributed by atoms with Crippen LogP contribution in [0.5, 0.6) is 11.5 Å². The van der Waals surface area contributed by atoms with E-state index < -0.39 is 0 Å². The van der Waals surface area contributed by atoms with Gasteiger partial charge < -0.3 is 19.9 Å². The largest absolute Gasteiger partial charge is 0.496 e. The van der Waals surface area contributed by atoms with Gasteiger partial charge in [-0.2, -0.15) is 5.26 Å². The number of benzene rings is 2. The molecular formula is C22H19Cl2N3O3. The number of hydrogen-bond acceptors (Lipinski definition) is 6. The van der Waals surface area contributed by atoms with Crippen LogP contribution in [-0.2, 0) is 0 Å². The summed E-state index contributed by atoms with van der Waals surface area (Å²) in [6, 6.07) is 9.07. The van der Waals surface area contributed by atoms with Gasteiger partial charge in [0.1, 0.15) is 17.6 Å². The van der Waals surface area contributed by atoms with Gasteiger partial charge in [-0.15, -0.1) is 0 Å². The van der Waals surface area contributed by atoms with Crippen molar-refractivity contribution in [1.29, 1.82) is 5.26 Å². The molecule has 2 aromatic carbocycles. The highest BCUT2D eigenvalue weighted by molar-refractivity contribution is 6.37. The van der Waals surface area contributed by atoms with Gasteiger partial charge in [-0.25, -0.2) is 0 Å². The number of anilines is 2. The molecule has 0 radical (unpaired) electrons. The lowest BCUT2D eigenvalue weighted by Crippen LogP contribution is -1.99. The predicted octanol–water partition coefficient (Wildman–Crippen LogP) is 5.57. The molecule has 0 amide bonds. The number of hydrogen-bond donors (Lipinski definition) is 2. The van der Waals surface area contributed by atoms with E-state index in [0.717, 1.165) is 5.56 Å². The molecule has 0 bridgehead atoms. The van der Waals surface area contributed by atoms with Crippen LogP contribution in [0.4, 0.5) is 11.4 Å². The summed E-state index contributed by atoms with van der Waals surface area (Å²) in [4.78, 5) is 4.41. The first-order valence-corrected chi connectivity index (χ1v) is 9.76. The van der Waals surface area contributed by atoms with Crippen molar-refractivity contribution in [1.82, 2.24) is 4.98 Å². The number of rotatable bonds is 7. The summed E-state index contributed by atoms with van der Waals surface area (Å²) in [6.45, 7) is 0.0650. The average molecular weight is 444 g/mol. The van der Waals surface area contributed by atoms with Gasteiger partial charge in [0, 0.05) is 29.8 Å². The molecule has 0 aliphatic carbocycles.